The summed E-state index contributed by atoms with van der Waals surface area (Å²) in [6.45, 7) is 1.06. The predicted octanol–water partition coefficient (Wildman–Crippen LogP) is 5.00. The number of benzene rings is 2. The van der Waals surface area contributed by atoms with Crippen LogP contribution in [0, 0.1) is 20.2 Å². The number of hydrogen-bond donors (Lipinski definition) is 3. The van der Waals surface area contributed by atoms with Gasteiger partial charge in [-0.1, -0.05) is 42.5 Å². The number of rotatable bonds is 18. The second-order valence-corrected chi connectivity index (χ2v) is 11.7. The Bertz CT molecular complexity index is 2040. The van der Waals surface area contributed by atoms with Crippen LogP contribution in [0.5, 0.6) is 0 Å². The number of carboxylic acids is 3. The number of carboxylic acid groups (broad SMARTS) is 3. The molecule has 0 saturated carbocycles. The highest BCUT2D eigenvalue weighted by atomic mass is 16.6. The summed E-state index contributed by atoms with van der Waals surface area (Å²) in [4.78, 5) is 75.2. The number of nitro groups is 2. The molecule has 0 aliphatic heterocycles. The predicted molar refractivity (Wildman–Crippen MR) is 194 cm³/mol. The normalized spacial score (nSPS) is 10.7. The van der Waals surface area contributed by atoms with Gasteiger partial charge in [0.05, 0.1) is 9.85 Å². The van der Waals surface area contributed by atoms with Crippen molar-refractivity contribution in [2.75, 3.05) is 40.9 Å². The minimum Gasteiger partial charge on any atom is -0.477 e. The zero-order chi connectivity index (χ0) is 38.8. The molecule has 0 amide bonds. The monoisotopic (exact) mass is 736 g/mol. The van der Waals surface area contributed by atoms with Gasteiger partial charge in [-0.3, -0.25) is 20.2 Å². The summed E-state index contributed by atoms with van der Waals surface area (Å²) in [5.41, 5.74) is 0.508. The fourth-order valence-electron chi connectivity index (χ4n) is 5.42. The highest BCUT2D eigenvalue weighted by Gasteiger charge is 2.20. The van der Waals surface area contributed by atoms with Crippen LogP contribution >= 0.6 is 0 Å². The number of nitro benzene ring substituents is 2. The molecule has 276 valence electrons. The first-order valence-corrected chi connectivity index (χ1v) is 16.2. The van der Waals surface area contributed by atoms with Gasteiger partial charge in [0.25, 0.3) is 11.4 Å². The topological polar surface area (TPSA) is 247 Å². The fraction of sp³-hybridized carbons (Fsp3) is 0.167. The Kier molecular flexibility index (Phi) is 12.0. The smallest absolute Gasteiger partial charge is 0.354 e. The molecule has 5 rings (SSSR count). The zero-order valence-corrected chi connectivity index (χ0v) is 28.3. The van der Waals surface area contributed by atoms with Crippen LogP contribution in [0.4, 0.5) is 28.8 Å². The molecule has 2 aromatic carbocycles. The Morgan fingerprint density at radius 3 is 1.07 bits per heavy atom. The van der Waals surface area contributed by atoms with E-state index in [2.05, 4.69) is 15.0 Å². The Hall–Kier alpha value is -7.50. The van der Waals surface area contributed by atoms with Crippen molar-refractivity contribution in [3.05, 3.63) is 152 Å². The quantitative estimate of drug-likeness (QED) is 0.0791. The van der Waals surface area contributed by atoms with Gasteiger partial charge in [0, 0.05) is 63.5 Å². The summed E-state index contributed by atoms with van der Waals surface area (Å²) in [6, 6.07) is 25.3. The Labute approximate surface area is 306 Å². The molecule has 0 atom stereocenters. The minimum atomic E-state index is -1.25. The van der Waals surface area contributed by atoms with Gasteiger partial charge >= 0.3 is 17.9 Å². The van der Waals surface area contributed by atoms with Crippen LogP contribution in [0.25, 0.3) is 0 Å². The molecule has 0 unspecified atom stereocenters. The highest BCUT2D eigenvalue weighted by molar-refractivity contribution is 5.86. The summed E-state index contributed by atoms with van der Waals surface area (Å²) in [5, 5.41) is 51.5. The molecular formula is C36H32N8O10. The maximum Gasteiger partial charge on any atom is 0.354 e. The van der Waals surface area contributed by atoms with Crippen molar-refractivity contribution in [2.24, 2.45) is 0 Å². The number of aromatic carboxylic acids is 3. The fourth-order valence-corrected chi connectivity index (χ4v) is 5.42. The molecule has 0 radical (unpaired) electrons. The molecule has 54 heavy (non-hydrogen) atoms. The van der Waals surface area contributed by atoms with Gasteiger partial charge in [0.15, 0.2) is 17.1 Å². The summed E-state index contributed by atoms with van der Waals surface area (Å²) in [6.07, 6.45) is 0. The average molecular weight is 737 g/mol. The van der Waals surface area contributed by atoms with E-state index in [1.165, 1.54) is 48.5 Å². The molecular weight excluding hydrogens is 704 g/mol. The highest BCUT2D eigenvalue weighted by Crippen LogP contribution is 2.22. The lowest BCUT2D eigenvalue weighted by molar-refractivity contribution is -0.385. The number of hydrogen-bond acceptors (Lipinski definition) is 13. The largest absolute Gasteiger partial charge is 0.477 e. The van der Waals surface area contributed by atoms with Gasteiger partial charge in [-0.2, -0.15) is 0 Å². The average Bonchev–Trinajstić information content (AvgIpc) is 3.17. The molecule has 0 bridgehead atoms. The van der Waals surface area contributed by atoms with E-state index in [-0.39, 0.29) is 67.7 Å². The summed E-state index contributed by atoms with van der Waals surface area (Å²) in [5.74, 6) is -2.83. The molecule has 0 aliphatic carbocycles. The van der Waals surface area contributed by atoms with Gasteiger partial charge in [-0.05, 0) is 47.5 Å². The van der Waals surface area contributed by atoms with E-state index in [0.29, 0.717) is 28.6 Å². The van der Waals surface area contributed by atoms with Crippen molar-refractivity contribution in [1.29, 1.82) is 0 Å². The molecule has 0 spiro atoms. The van der Waals surface area contributed by atoms with Gasteiger partial charge in [-0.25, -0.2) is 29.3 Å². The maximum atomic E-state index is 11.9. The van der Waals surface area contributed by atoms with Crippen LogP contribution in [-0.4, -0.2) is 84.2 Å². The minimum absolute atomic E-state index is 0.103. The second-order valence-electron chi connectivity index (χ2n) is 11.7. The lowest BCUT2D eigenvalue weighted by atomic mass is 10.2. The molecule has 3 heterocycles. The van der Waals surface area contributed by atoms with Crippen molar-refractivity contribution >= 4 is 46.7 Å². The summed E-state index contributed by atoms with van der Waals surface area (Å²) in [7, 11) is 0. The van der Waals surface area contributed by atoms with E-state index >= 15 is 0 Å². The van der Waals surface area contributed by atoms with Crippen LogP contribution in [0.15, 0.2) is 103 Å². The number of carbonyl (C=O) groups is 3. The van der Waals surface area contributed by atoms with Crippen LogP contribution in [0.2, 0.25) is 0 Å². The Morgan fingerprint density at radius 1 is 0.481 bits per heavy atom. The van der Waals surface area contributed by atoms with Crippen molar-refractivity contribution in [2.45, 2.75) is 13.1 Å². The van der Waals surface area contributed by atoms with E-state index < -0.39 is 27.8 Å². The van der Waals surface area contributed by atoms with Crippen LogP contribution in [0.1, 0.15) is 42.6 Å². The summed E-state index contributed by atoms with van der Waals surface area (Å²) >= 11 is 0. The van der Waals surface area contributed by atoms with E-state index in [1.54, 1.807) is 69.3 Å². The molecule has 5 aromatic rings. The lowest BCUT2D eigenvalue weighted by Crippen LogP contribution is -2.41. The third-order valence-electron chi connectivity index (χ3n) is 8.15. The maximum absolute atomic E-state index is 11.9. The number of non-ortho nitro benzene ring substituents is 2. The van der Waals surface area contributed by atoms with Crippen molar-refractivity contribution < 1.29 is 39.5 Å². The van der Waals surface area contributed by atoms with Gasteiger partial charge in [0.2, 0.25) is 0 Å². The molecule has 0 fully saturated rings. The first kappa shape index (κ1) is 37.7. The molecule has 18 heteroatoms. The second kappa shape index (κ2) is 17.1. The summed E-state index contributed by atoms with van der Waals surface area (Å²) < 4.78 is 0. The van der Waals surface area contributed by atoms with E-state index in [1.807, 2.05) is 0 Å². The Morgan fingerprint density at radius 2 is 0.778 bits per heavy atom. The van der Waals surface area contributed by atoms with E-state index in [9.17, 15) is 49.9 Å². The zero-order valence-electron chi connectivity index (χ0n) is 28.3. The van der Waals surface area contributed by atoms with Gasteiger partial charge in [-0.15, -0.1) is 0 Å². The third-order valence-corrected chi connectivity index (χ3v) is 8.15. The molecule has 3 aromatic heterocycles. The lowest BCUT2D eigenvalue weighted by Gasteiger charge is -2.32. The number of aromatic nitrogens is 3. The SMILES string of the molecule is O=C(O)c1cccc(N(CCN(Cc2ccc([N+](=O)[O-])cc2)c2cccc(C(=O)O)n2)CCN(Cc2ccc([N+](=O)[O-])cc2)c2cccc(C(=O)O)n2)n1. The van der Waals surface area contributed by atoms with Crippen molar-refractivity contribution in [3.8, 4) is 0 Å². The standard InChI is InChI=1S/C36H32N8O10/c45-34(46)28-4-1-7-31(37-28)40(18-20-41(32-8-2-5-29(38-32)35(47)48)22-24-10-14-26(15-11-24)43(51)52)19-21-42(33-9-3-6-30(39-33)36(49)50)23-25-12-16-27(17-13-25)44(53)54/h1-17H,18-23H2,(H,45,46)(H,47,48)(H,49,50). The van der Waals surface area contributed by atoms with Gasteiger partial charge < -0.3 is 30.0 Å². The van der Waals surface area contributed by atoms with E-state index in [4.69, 9.17) is 0 Å². The molecule has 18 nitrogen and oxygen atoms in total. The molecule has 3 N–H and O–H groups in total. The first-order valence-electron chi connectivity index (χ1n) is 16.2. The van der Waals surface area contributed by atoms with Crippen LogP contribution in [0.3, 0.4) is 0 Å². The molecule has 0 saturated heterocycles. The van der Waals surface area contributed by atoms with E-state index in [0.717, 1.165) is 0 Å². The Balaban J connectivity index is 1.48. The van der Waals surface area contributed by atoms with Crippen LogP contribution in [-0.2, 0) is 13.1 Å². The first-order chi connectivity index (χ1) is 25.9. The van der Waals surface area contributed by atoms with Crippen LogP contribution < -0.4 is 14.7 Å². The number of anilines is 3. The third kappa shape index (κ3) is 9.84. The van der Waals surface area contributed by atoms with Gasteiger partial charge in [0.1, 0.15) is 17.5 Å². The van der Waals surface area contributed by atoms with Crippen molar-refractivity contribution in [1.82, 2.24) is 15.0 Å². The molecule has 0 aliphatic rings. The van der Waals surface area contributed by atoms with Crippen molar-refractivity contribution in [3.63, 3.8) is 0 Å². The number of pyridine rings is 3. The number of nitrogens with zero attached hydrogens (tertiary/aromatic N) is 8.